The van der Waals surface area contributed by atoms with E-state index in [0.29, 0.717) is 5.06 Å². The molecule has 0 saturated carbocycles. The number of carbonyl (C=O) groups excluding carboxylic acids is 2. The van der Waals surface area contributed by atoms with Crippen LogP contribution in [0, 0.1) is 0 Å². The van der Waals surface area contributed by atoms with Crippen LogP contribution in [0.5, 0.6) is 0 Å². The van der Waals surface area contributed by atoms with E-state index in [0.717, 1.165) is 7.05 Å². The standard InChI is InChI=1S/C5H9NO4/c1-6(9)4(7)3-5(8)10-2/h9H,3H2,1-2H3. The van der Waals surface area contributed by atoms with Gasteiger partial charge < -0.3 is 4.74 Å². The van der Waals surface area contributed by atoms with Gasteiger partial charge in [0.25, 0.3) is 5.91 Å². The van der Waals surface area contributed by atoms with Crippen LogP contribution in [0.4, 0.5) is 0 Å². The molecule has 1 N–H and O–H groups in total. The molecule has 1 amide bonds. The van der Waals surface area contributed by atoms with Crippen molar-refractivity contribution in [3.8, 4) is 0 Å². The molecule has 0 heterocycles. The lowest BCUT2D eigenvalue weighted by atomic mass is 10.4. The molecule has 0 aliphatic carbocycles. The van der Waals surface area contributed by atoms with Gasteiger partial charge in [0.05, 0.1) is 7.11 Å². The van der Waals surface area contributed by atoms with Gasteiger partial charge in [-0.1, -0.05) is 0 Å². The molecule has 0 aromatic rings. The first-order valence-electron chi connectivity index (χ1n) is 2.60. The molecule has 0 fully saturated rings. The van der Waals surface area contributed by atoms with Crippen LogP contribution in [0.25, 0.3) is 0 Å². The summed E-state index contributed by atoms with van der Waals surface area (Å²) < 4.78 is 4.17. The Morgan fingerprint density at radius 3 is 2.40 bits per heavy atom. The number of hydroxylamine groups is 2. The summed E-state index contributed by atoms with van der Waals surface area (Å²) in [6.07, 6.45) is -0.427. The van der Waals surface area contributed by atoms with Crippen LogP contribution in [0.1, 0.15) is 6.42 Å². The lowest BCUT2D eigenvalue weighted by molar-refractivity contribution is -0.164. The summed E-state index contributed by atoms with van der Waals surface area (Å²) in [6.45, 7) is 0. The van der Waals surface area contributed by atoms with E-state index in [-0.39, 0.29) is 0 Å². The van der Waals surface area contributed by atoms with Gasteiger partial charge in [0.2, 0.25) is 0 Å². The Hall–Kier alpha value is -1.10. The highest BCUT2D eigenvalue weighted by Gasteiger charge is 2.11. The highest BCUT2D eigenvalue weighted by molar-refractivity contribution is 5.93. The fraction of sp³-hybridized carbons (Fsp3) is 0.600. The summed E-state index contributed by atoms with van der Waals surface area (Å²) in [4.78, 5) is 20.8. The zero-order valence-electron chi connectivity index (χ0n) is 5.83. The highest BCUT2D eigenvalue weighted by atomic mass is 16.5. The van der Waals surface area contributed by atoms with Crippen molar-refractivity contribution in [1.29, 1.82) is 0 Å². The van der Waals surface area contributed by atoms with Crippen LogP contribution >= 0.6 is 0 Å². The third kappa shape index (κ3) is 3.03. The van der Waals surface area contributed by atoms with Gasteiger partial charge in [-0.2, -0.15) is 0 Å². The van der Waals surface area contributed by atoms with E-state index in [2.05, 4.69) is 4.74 Å². The van der Waals surface area contributed by atoms with E-state index in [4.69, 9.17) is 5.21 Å². The number of methoxy groups -OCH3 is 1. The van der Waals surface area contributed by atoms with Crippen molar-refractivity contribution in [3.63, 3.8) is 0 Å². The number of carbonyl (C=O) groups is 2. The molecule has 58 valence electrons. The monoisotopic (exact) mass is 147 g/mol. The molecule has 0 unspecified atom stereocenters. The summed E-state index contributed by atoms with van der Waals surface area (Å²) in [5.74, 6) is -1.35. The van der Waals surface area contributed by atoms with Crippen LogP contribution in [0.2, 0.25) is 0 Å². The van der Waals surface area contributed by atoms with Crippen molar-refractivity contribution in [2.24, 2.45) is 0 Å². The maximum absolute atomic E-state index is 10.5. The van der Waals surface area contributed by atoms with E-state index in [1.807, 2.05) is 0 Å². The smallest absolute Gasteiger partial charge is 0.315 e. The first-order valence-corrected chi connectivity index (χ1v) is 2.60. The number of amides is 1. The molecule has 10 heavy (non-hydrogen) atoms. The zero-order valence-corrected chi connectivity index (χ0v) is 5.83. The van der Waals surface area contributed by atoms with Gasteiger partial charge in [-0.05, 0) is 0 Å². The van der Waals surface area contributed by atoms with E-state index in [9.17, 15) is 9.59 Å². The second-order valence-corrected chi connectivity index (χ2v) is 1.67. The molecule has 0 atom stereocenters. The van der Waals surface area contributed by atoms with Gasteiger partial charge in [-0.25, -0.2) is 5.06 Å². The molecule has 0 aromatic carbocycles. The van der Waals surface area contributed by atoms with Crippen molar-refractivity contribution < 1.29 is 19.5 Å². The Balaban J connectivity index is 3.69. The minimum absolute atomic E-state index is 0.344. The average molecular weight is 147 g/mol. The molecular weight excluding hydrogens is 138 g/mol. The molecule has 0 aliphatic rings. The highest BCUT2D eigenvalue weighted by Crippen LogP contribution is 1.88. The van der Waals surface area contributed by atoms with E-state index in [1.165, 1.54) is 7.11 Å². The van der Waals surface area contributed by atoms with E-state index >= 15 is 0 Å². The Bertz CT molecular complexity index is 143. The molecular formula is C5H9NO4. The van der Waals surface area contributed by atoms with Crippen LogP contribution in [-0.2, 0) is 14.3 Å². The largest absolute Gasteiger partial charge is 0.469 e. The minimum Gasteiger partial charge on any atom is -0.469 e. The number of hydrogen-bond donors (Lipinski definition) is 1. The Morgan fingerprint density at radius 2 is 2.10 bits per heavy atom. The summed E-state index contributed by atoms with van der Waals surface area (Å²) in [7, 11) is 2.32. The molecule has 0 radical (unpaired) electrons. The fourth-order valence-electron chi connectivity index (χ4n) is 0.310. The van der Waals surface area contributed by atoms with Gasteiger partial charge in [-0.15, -0.1) is 0 Å². The zero-order chi connectivity index (χ0) is 8.15. The first-order chi connectivity index (χ1) is 4.57. The number of rotatable bonds is 2. The Kier molecular flexibility index (Phi) is 3.42. The number of nitrogens with zero attached hydrogens (tertiary/aromatic N) is 1. The Morgan fingerprint density at radius 1 is 1.60 bits per heavy atom. The van der Waals surface area contributed by atoms with Crippen molar-refractivity contribution in [3.05, 3.63) is 0 Å². The average Bonchev–Trinajstić information content (AvgIpc) is 1.87. The predicted molar refractivity (Wildman–Crippen MR) is 31.2 cm³/mol. The number of hydrogen-bond acceptors (Lipinski definition) is 4. The normalized spacial score (nSPS) is 8.70. The third-order valence-corrected chi connectivity index (χ3v) is 0.884. The molecule has 0 aliphatic heterocycles. The lowest BCUT2D eigenvalue weighted by Gasteiger charge is -2.05. The van der Waals surface area contributed by atoms with Gasteiger partial charge in [0, 0.05) is 7.05 Å². The SMILES string of the molecule is COC(=O)CC(=O)N(C)O. The van der Waals surface area contributed by atoms with Gasteiger partial charge in [0.15, 0.2) is 0 Å². The maximum Gasteiger partial charge on any atom is 0.315 e. The predicted octanol–water partition coefficient (Wildman–Crippen LogP) is -0.603. The quantitative estimate of drug-likeness (QED) is 0.245. The molecule has 5 heteroatoms. The molecule has 0 aromatic heterocycles. The van der Waals surface area contributed by atoms with Gasteiger partial charge in [0.1, 0.15) is 6.42 Å². The van der Waals surface area contributed by atoms with Crippen molar-refractivity contribution in [2.75, 3.05) is 14.2 Å². The molecule has 0 saturated heterocycles. The number of esters is 1. The third-order valence-electron chi connectivity index (χ3n) is 0.884. The van der Waals surface area contributed by atoms with Gasteiger partial charge >= 0.3 is 5.97 Å². The van der Waals surface area contributed by atoms with E-state index < -0.39 is 18.3 Å². The summed E-state index contributed by atoms with van der Waals surface area (Å²) in [5, 5.41) is 8.79. The van der Waals surface area contributed by atoms with E-state index in [1.54, 1.807) is 0 Å². The number of ether oxygens (including phenoxy) is 1. The topological polar surface area (TPSA) is 66.8 Å². The second kappa shape index (κ2) is 3.84. The van der Waals surface area contributed by atoms with Crippen molar-refractivity contribution >= 4 is 11.9 Å². The first kappa shape index (κ1) is 8.90. The van der Waals surface area contributed by atoms with Crippen LogP contribution in [-0.4, -0.2) is 36.3 Å². The lowest BCUT2D eigenvalue weighted by Crippen LogP contribution is -2.25. The summed E-state index contributed by atoms with van der Waals surface area (Å²) in [6, 6.07) is 0. The van der Waals surface area contributed by atoms with Crippen LogP contribution in [0.15, 0.2) is 0 Å². The molecule has 0 spiro atoms. The second-order valence-electron chi connectivity index (χ2n) is 1.67. The fourth-order valence-corrected chi connectivity index (χ4v) is 0.310. The summed E-state index contributed by atoms with van der Waals surface area (Å²) in [5.41, 5.74) is 0. The Labute approximate surface area is 58.1 Å². The van der Waals surface area contributed by atoms with Crippen LogP contribution in [0.3, 0.4) is 0 Å². The molecule has 0 rings (SSSR count). The molecule has 0 bridgehead atoms. The summed E-state index contributed by atoms with van der Waals surface area (Å²) >= 11 is 0. The van der Waals surface area contributed by atoms with Gasteiger partial charge in [-0.3, -0.25) is 14.8 Å². The minimum atomic E-state index is -0.688. The van der Waals surface area contributed by atoms with Crippen molar-refractivity contribution in [1.82, 2.24) is 5.06 Å². The molecule has 5 nitrogen and oxygen atoms in total. The van der Waals surface area contributed by atoms with Crippen LogP contribution < -0.4 is 0 Å². The maximum atomic E-state index is 10.5. The van der Waals surface area contributed by atoms with Crippen molar-refractivity contribution in [2.45, 2.75) is 6.42 Å².